The molecule has 2 aliphatic heterocycles. The van der Waals surface area contributed by atoms with Gasteiger partial charge in [-0.05, 0) is 34.1 Å². The molecule has 0 radical (unpaired) electrons. The molecular formula is C20H22BrN7S. The SMILES string of the molecule is Brc1ccc(CN2CCc3nc(N4CCN(c5ncccn5)CC4)ncc3C2)s1. The van der Waals surface area contributed by atoms with Crippen LogP contribution in [0.25, 0.3) is 0 Å². The number of anilines is 2. The quantitative estimate of drug-likeness (QED) is 0.579. The van der Waals surface area contributed by atoms with E-state index >= 15 is 0 Å². The van der Waals surface area contributed by atoms with Gasteiger partial charge in [0.1, 0.15) is 0 Å². The highest BCUT2D eigenvalue weighted by atomic mass is 79.9. The summed E-state index contributed by atoms with van der Waals surface area (Å²) in [4.78, 5) is 26.7. The number of rotatable bonds is 4. The third-order valence-corrected chi connectivity index (χ3v) is 7.01. The lowest BCUT2D eigenvalue weighted by atomic mass is 10.1. The van der Waals surface area contributed by atoms with Crippen LogP contribution in [0.5, 0.6) is 0 Å². The molecule has 150 valence electrons. The fraction of sp³-hybridized carbons (Fsp3) is 0.400. The Hall–Kier alpha value is -2.10. The molecule has 1 saturated heterocycles. The van der Waals surface area contributed by atoms with Gasteiger partial charge in [0.05, 0.1) is 9.48 Å². The van der Waals surface area contributed by atoms with Crippen molar-refractivity contribution in [2.24, 2.45) is 0 Å². The van der Waals surface area contributed by atoms with Gasteiger partial charge in [-0.1, -0.05) is 0 Å². The van der Waals surface area contributed by atoms with Gasteiger partial charge in [0.2, 0.25) is 11.9 Å². The molecule has 0 N–H and O–H groups in total. The lowest BCUT2D eigenvalue weighted by molar-refractivity contribution is 0.245. The van der Waals surface area contributed by atoms with Gasteiger partial charge in [-0.2, -0.15) is 0 Å². The van der Waals surface area contributed by atoms with Crippen LogP contribution in [0.4, 0.5) is 11.9 Å². The Morgan fingerprint density at radius 2 is 1.69 bits per heavy atom. The van der Waals surface area contributed by atoms with E-state index in [0.717, 1.165) is 64.1 Å². The third kappa shape index (κ3) is 4.26. The number of nitrogens with zero attached hydrogens (tertiary/aromatic N) is 7. The van der Waals surface area contributed by atoms with Gasteiger partial charge in [0.15, 0.2) is 0 Å². The minimum atomic E-state index is 0.802. The third-order valence-electron chi connectivity index (χ3n) is 5.41. The van der Waals surface area contributed by atoms with Crippen LogP contribution in [-0.2, 0) is 19.5 Å². The molecule has 29 heavy (non-hydrogen) atoms. The van der Waals surface area contributed by atoms with Crippen LogP contribution in [0.15, 0.2) is 40.6 Å². The van der Waals surface area contributed by atoms with Crippen LogP contribution < -0.4 is 9.80 Å². The van der Waals surface area contributed by atoms with Crippen molar-refractivity contribution in [1.29, 1.82) is 0 Å². The summed E-state index contributed by atoms with van der Waals surface area (Å²) in [5.74, 6) is 1.66. The molecular weight excluding hydrogens is 450 g/mol. The van der Waals surface area contributed by atoms with E-state index in [9.17, 15) is 0 Å². The smallest absolute Gasteiger partial charge is 0.225 e. The molecule has 5 heterocycles. The molecule has 0 bridgehead atoms. The lowest BCUT2D eigenvalue weighted by Gasteiger charge is -2.35. The van der Waals surface area contributed by atoms with Crippen LogP contribution in [0.1, 0.15) is 16.1 Å². The molecule has 3 aromatic heterocycles. The first-order valence-electron chi connectivity index (χ1n) is 9.83. The van der Waals surface area contributed by atoms with Crippen LogP contribution in [0, 0.1) is 0 Å². The van der Waals surface area contributed by atoms with E-state index in [1.165, 1.54) is 19.9 Å². The largest absolute Gasteiger partial charge is 0.337 e. The summed E-state index contributed by atoms with van der Waals surface area (Å²) in [5.41, 5.74) is 2.46. The Bertz CT molecular complexity index is 972. The number of aromatic nitrogens is 4. The maximum Gasteiger partial charge on any atom is 0.225 e. The van der Waals surface area contributed by atoms with Gasteiger partial charge in [-0.15, -0.1) is 11.3 Å². The Kier molecular flexibility index (Phi) is 5.43. The molecule has 0 unspecified atom stereocenters. The van der Waals surface area contributed by atoms with E-state index in [-0.39, 0.29) is 0 Å². The van der Waals surface area contributed by atoms with Gasteiger partial charge in [0.25, 0.3) is 0 Å². The van der Waals surface area contributed by atoms with Crippen molar-refractivity contribution in [3.63, 3.8) is 0 Å². The second-order valence-corrected chi connectivity index (χ2v) is 9.88. The molecule has 0 amide bonds. The average molecular weight is 472 g/mol. The van der Waals surface area contributed by atoms with Gasteiger partial charge >= 0.3 is 0 Å². The number of fused-ring (bicyclic) bond motifs is 1. The maximum absolute atomic E-state index is 4.91. The zero-order valence-corrected chi connectivity index (χ0v) is 18.4. The van der Waals surface area contributed by atoms with E-state index in [1.807, 2.05) is 12.3 Å². The summed E-state index contributed by atoms with van der Waals surface area (Å²) >= 11 is 5.36. The number of hydrogen-bond acceptors (Lipinski definition) is 8. The predicted molar refractivity (Wildman–Crippen MR) is 118 cm³/mol. The van der Waals surface area contributed by atoms with E-state index in [0.29, 0.717) is 0 Å². The Balaban J connectivity index is 1.22. The Morgan fingerprint density at radius 1 is 0.931 bits per heavy atom. The minimum absolute atomic E-state index is 0.802. The lowest BCUT2D eigenvalue weighted by Crippen LogP contribution is -2.47. The number of hydrogen-bond donors (Lipinski definition) is 0. The first kappa shape index (κ1) is 18.9. The van der Waals surface area contributed by atoms with E-state index < -0.39 is 0 Å². The molecule has 9 heteroatoms. The molecule has 7 nitrogen and oxygen atoms in total. The van der Waals surface area contributed by atoms with Crippen molar-refractivity contribution in [2.75, 3.05) is 42.5 Å². The number of thiophene rings is 1. The predicted octanol–water partition coefficient (Wildman–Crippen LogP) is 2.98. The van der Waals surface area contributed by atoms with Crippen molar-refractivity contribution in [3.8, 4) is 0 Å². The Labute approximate surface area is 182 Å². The van der Waals surface area contributed by atoms with E-state index in [4.69, 9.17) is 9.97 Å². The van der Waals surface area contributed by atoms with Gasteiger partial charge in [-0.3, -0.25) is 4.90 Å². The molecule has 0 saturated carbocycles. The van der Waals surface area contributed by atoms with Crippen molar-refractivity contribution >= 4 is 39.2 Å². The summed E-state index contributed by atoms with van der Waals surface area (Å²) in [6.45, 7) is 6.49. The number of piperazine rings is 1. The highest BCUT2D eigenvalue weighted by molar-refractivity contribution is 9.11. The molecule has 2 aliphatic rings. The molecule has 0 aromatic carbocycles. The van der Waals surface area contributed by atoms with Crippen LogP contribution >= 0.6 is 27.3 Å². The molecule has 3 aromatic rings. The monoisotopic (exact) mass is 471 g/mol. The summed E-state index contributed by atoms with van der Waals surface area (Å²) in [5, 5.41) is 0. The highest BCUT2D eigenvalue weighted by Gasteiger charge is 2.23. The number of halogens is 1. The molecule has 1 fully saturated rings. The summed E-state index contributed by atoms with van der Waals surface area (Å²) in [6, 6.07) is 6.17. The summed E-state index contributed by atoms with van der Waals surface area (Å²) in [6.07, 6.45) is 6.60. The van der Waals surface area contributed by atoms with Crippen molar-refractivity contribution in [3.05, 3.63) is 56.7 Å². The van der Waals surface area contributed by atoms with Gasteiger partial charge in [0, 0.05) is 81.3 Å². The second kappa shape index (κ2) is 8.33. The molecule has 0 spiro atoms. The van der Waals surface area contributed by atoms with Crippen molar-refractivity contribution in [2.45, 2.75) is 19.5 Å². The van der Waals surface area contributed by atoms with Gasteiger partial charge in [-0.25, -0.2) is 19.9 Å². The molecule has 5 rings (SSSR count). The summed E-state index contributed by atoms with van der Waals surface area (Å²) < 4.78 is 1.19. The zero-order chi connectivity index (χ0) is 19.6. The average Bonchev–Trinajstić information content (AvgIpc) is 3.18. The molecule has 0 aliphatic carbocycles. The fourth-order valence-electron chi connectivity index (χ4n) is 3.87. The minimum Gasteiger partial charge on any atom is -0.337 e. The second-order valence-electron chi connectivity index (χ2n) is 7.33. The topological polar surface area (TPSA) is 61.3 Å². The molecule has 0 atom stereocenters. The zero-order valence-electron chi connectivity index (χ0n) is 16.0. The van der Waals surface area contributed by atoms with E-state index in [1.54, 1.807) is 23.7 Å². The standard InChI is InChI=1S/C20H22BrN7S/c21-18-3-2-16(29-18)14-26-7-4-17-15(13-26)12-24-20(25-17)28-10-8-27(9-11-28)19-22-5-1-6-23-19/h1-3,5-6,12H,4,7-11,13-14H2. The Morgan fingerprint density at radius 3 is 2.41 bits per heavy atom. The van der Waals surface area contributed by atoms with Crippen LogP contribution in [-0.4, -0.2) is 57.6 Å². The van der Waals surface area contributed by atoms with Crippen molar-refractivity contribution < 1.29 is 0 Å². The van der Waals surface area contributed by atoms with Gasteiger partial charge < -0.3 is 9.80 Å². The van der Waals surface area contributed by atoms with Crippen molar-refractivity contribution in [1.82, 2.24) is 24.8 Å². The fourth-order valence-corrected chi connectivity index (χ4v) is 5.40. The van der Waals surface area contributed by atoms with E-state index in [2.05, 4.69) is 52.7 Å². The maximum atomic E-state index is 4.91. The van der Waals surface area contributed by atoms with Crippen LogP contribution in [0.3, 0.4) is 0 Å². The summed E-state index contributed by atoms with van der Waals surface area (Å²) in [7, 11) is 0. The van der Waals surface area contributed by atoms with Crippen LogP contribution in [0.2, 0.25) is 0 Å². The normalized spacial score (nSPS) is 17.4. The first-order chi connectivity index (χ1) is 14.2. The highest BCUT2D eigenvalue weighted by Crippen LogP contribution is 2.26. The first-order valence-corrected chi connectivity index (χ1v) is 11.4.